The maximum absolute atomic E-state index is 14.5. The second-order valence-corrected chi connectivity index (χ2v) is 11.7. The van der Waals surface area contributed by atoms with E-state index in [0.29, 0.717) is 11.1 Å². The van der Waals surface area contributed by atoms with Crippen molar-refractivity contribution in [2.75, 3.05) is 18.4 Å². The number of nitrogens with zero attached hydrogens (tertiary/aromatic N) is 2. The number of aryl methyl sites for hydroxylation is 2. The van der Waals surface area contributed by atoms with E-state index in [0.717, 1.165) is 33.4 Å². The van der Waals surface area contributed by atoms with E-state index in [1.807, 2.05) is 0 Å². The molecule has 3 aromatic carbocycles. The summed E-state index contributed by atoms with van der Waals surface area (Å²) < 4.78 is 42.5. The Kier molecular flexibility index (Phi) is 8.29. The number of carbonyl (C=O) groups excluding carboxylic acids is 1. The highest BCUT2D eigenvalue weighted by molar-refractivity contribution is 7.90. The lowest BCUT2D eigenvalue weighted by Gasteiger charge is -2.27. The standard InChI is InChI=1S/C29H34FN3O3S/c1-4-27(25-18-17-22-9-5-6-10-24(22)19-25)31-29(34)23-15-13-21(14-16-23)20-33(37(35,36)32(2)3)28-12-8-7-11-26(28)30/h7-8,11-19,27H,4-6,9-10,20H2,1-3H3,(H,31,34)/t27-/m0/s1. The average molecular weight is 524 g/mol. The third-order valence-corrected chi connectivity index (χ3v) is 8.70. The van der Waals surface area contributed by atoms with Gasteiger partial charge in [-0.05, 0) is 78.6 Å². The number of carbonyl (C=O) groups is 1. The van der Waals surface area contributed by atoms with Crippen LogP contribution in [0.15, 0.2) is 66.7 Å². The van der Waals surface area contributed by atoms with Crippen LogP contribution in [-0.4, -0.2) is 32.7 Å². The number of halogens is 1. The summed E-state index contributed by atoms with van der Waals surface area (Å²) in [5, 5.41) is 3.14. The summed E-state index contributed by atoms with van der Waals surface area (Å²) in [6.07, 6.45) is 5.41. The zero-order valence-electron chi connectivity index (χ0n) is 21.6. The maximum Gasteiger partial charge on any atom is 0.303 e. The fraction of sp³-hybridized carbons (Fsp3) is 0.345. The molecule has 0 radical (unpaired) electrons. The Morgan fingerprint density at radius 1 is 0.973 bits per heavy atom. The van der Waals surface area contributed by atoms with Crippen LogP contribution in [0.5, 0.6) is 0 Å². The molecule has 0 aromatic heterocycles. The SMILES string of the molecule is CC[C@H](NC(=O)c1ccc(CN(c2ccccc2F)S(=O)(=O)N(C)C)cc1)c1ccc2c(c1)CCCC2. The molecule has 0 saturated heterocycles. The van der Waals surface area contributed by atoms with Crippen LogP contribution in [0.3, 0.4) is 0 Å². The van der Waals surface area contributed by atoms with Gasteiger partial charge in [0.15, 0.2) is 0 Å². The fourth-order valence-corrected chi connectivity index (χ4v) is 5.81. The fourth-order valence-electron chi connectivity index (χ4n) is 4.70. The van der Waals surface area contributed by atoms with E-state index in [1.54, 1.807) is 30.3 Å². The Bertz CT molecular complexity index is 1360. The molecule has 3 aromatic rings. The summed E-state index contributed by atoms with van der Waals surface area (Å²) in [4.78, 5) is 13.1. The van der Waals surface area contributed by atoms with Crippen molar-refractivity contribution in [3.8, 4) is 0 Å². The van der Waals surface area contributed by atoms with Crippen molar-refractivity contribution in [1.29, 1.82) is 0 Å². The van der Waals surface area contributed by atoms with Crippen LogP contribution in [0.25, 0.3) is 0 Å². The lowest BCUT2D eigenvalue weighted by molar-refractivity contribution is 0.0935. The highest BCUT2D eigenvalue weighted by Gasteiger charge is 2.27. The van der Waals surface area contributed by atoms with Crippen molar-refractivity contribution in [2.24, 2.45) is 0 Å². The van der Waals surface area contributed by atoms with E-state index in [4.69, 9.17) is 0 Å². The Labute approximate surface area is 219 Å². The van der Waals surface area contributed by atoms with E-state index in [9.17, 15) is 17.6 Å². The molecule has 8 heteroatoms. The molecule has 0 spiro atoms. The lowest BCUT2D eigenvalue weighted by Crippen LogP contribution is -2.40. The molecule has 1 N–H and O–H groups in total. The number of para-hydroxylation sites is 1. The molecule has 1 atom stereocenters. The van der Waals surface area contributed by atoms with Gasteiger partial charge in [0.1, 0.15) is 5.82 Å². The Hall–Kier alpha value is -3.23. The van der Waals surface area contributed by atoms with Gasteiger partial charge < -0.3 is 5.32 Å². The normalized spacial score (nSPS) is 14.2. The van der Waals surface area contributed by atoms with Gasteiger partial charge in [0.05, 0.1) is 18.3 Å². The molecule has 0 saturated carbocycles. The monoisotopic (exact) mass is 523 g/mol. The molecule has 196 valence electrons. The minimum absolute atomic E-state index is 0.0335. The van der Waals surface area contributed by atoms with Crippen molar-refractivity contribution in [3.05, 3.63) is 100 Å². The third-order valence-electron chi connectivity index (χ3n) is 6.89. The van der Waals surface area contributed by atoms with Crippen LogP contribution in [0.4, 0.5) is 10.1 Å². The summed E-state index contributed by atoms with van der Waals surface area (Å²) in [6.45, 7) is 1.98. The Morgan fingerprint density at radius 2 is 1.65 bits per heavy atom. The second-order valence-electron chi connectivity index (χ2n) is 9.61. The zero-order chi connectivity index (χ0) is 26.6. The average Bonchev–Trinajstić information content (AvgIpc) is 2.90. The summed E-state index contributed by atoms with van der Waals surface area (Å²) in [5.74, 6) is -0.820. The molecule has 0 unspecified atom stereocenters. The van der Waals surface area contributed by atoms with Crippen molar-refractivity contribution < 1.29 is 17.6 Å². The highest BCUT2D eigenvalue weighted by atomic mass is 32.2. The second kappa shape index (κ2) is 11.4. The van der Waals surface area contributed by atoms with Crippen LogP contribution >= 0.6 is 0 Å². The molecule has 37 heavy (non-hydrogen) atoms. The van der Waals surface area contributed by atoms with Crippen molar-refractivity contribution in [3.63, 3.8) is 0 Å². The molecule has 1 aliphatic rings. The summed E-state index contributed by atoms with van der Waals surface area (Å²) in [6, 6.07) is 19.0. The first-order valence-corrected chi connectivity index (χ1v) is 14.1. The molecule has 1 aliphatic carbocycles. The minimum Gasteiger partial charge on any atom is -0.345 e. The van der Waals surface area contributed by atoms with Gasteiger partial charge in [0.25, 0.3) is 5.91 Å². The first-order valence-electron chi connectivity index (χ1n) is 12.7. The van der Waals surface area contributed by atoms with Crippen LogP contribution in [0, 0.1) is 5.82 Å². The largest absolute Gasteiger partial charge is 0.345 e. The zero-order valence-corrected chi connectivity index (χ0v) is 22.4. The topological polar surface area (TPSA) is 69.7 Å². The minimum atomic E-state index is -3.95. The first-order chi connectivity index (χ1) is 17.7. The Morgan fingerprint density at radius 3 is 2.30 bits per heavy atom. The quantitative estimate of drug-likeness (QED) is 0.408. The number of rotatable bonds is 9. The number of fused-ring (bicyclic) bond motifs is 1. The number of amides is 1. The van der Waals surface area contributed by atoms with Crippen LogP contribution < -0.4 is 9.62 Å². The predicted molar refractivity (Wildman–Crippen MR) is 145 cm³/mol. The first kappa shape index (κ1) is 26.8. The molecule has 0 heterocycles. The van der Waals surface area contributed by atoms with E-state index < -0.39 is 16.0 Å². The number of hydrogen-bond acceptors (Lipinski definition) is 3. The molecule has 0 aliphatic heterocycles. The van der Waals surface area contributed by atoms with E-state index >= 15 is 0 Å². The number of anilines is 1. The van der Waals surface area contributed by atoms with Gasteiger partial charge in [-0.2, -0.15) is 12.7 Å². The Balaban J connectivity index is 1.50. The van der Waals surface area contributed by atoms with E-state index in [2.05, 4.69) is 30.4 Å². The molecular formula is C29H34FN3O3S. The number of hydrogen-bond donors (Lipinski definition) is 1. The third kappa shape index (κ3) is 6.02. The van der Waals surface area contributed by atoms with Gasteiger partial charge >= 0.3 is 10.2 Å². The summed E-state index contributed by atoms with van der Waals surface area (Å²) >= 11 is 0. The summed E-state index contributed by atoms with van der Waals surface area (Å²) in [7, 11) is -1.14. The van der Waals surface area contributed by atoms with Crippen LogP contribution in [-0.2, 0) is 29.6 Å². The lowest BCUT2D eigenvalue weighted by atomic mass is 9.88. The van der Waals surface area contributed by atoms with E-state index in [1.165, 1.54) is 56.3 Å². The molecule has 4 rings (SSSR count). The van der Waals surface area contributed by atoms with Gasteiger partial charge in [0, 0.05) is 19.7 Å². The van der Waals surface area contributed by atoms with Crippen molar-refractivity contribution in [2.45, 2.75) is 51.6 Å². The van der Waals surface area contributed by atoms with Gasteiger partial charge in [0.2, 0.25) is 0 Å². The predicted octanol–water partition coefficient (Wildman–Crippen LogP) is 5.40. The number of benzene rings is 3. The van der Waals surface area contributed by atoms with Crippen LogP contribution in [0.2, 0.25) is 0 Å². The van der Waals surface area contributed by atoms with Gasteiger partial charge in [-0.25, -0.2) is 4.39 Å². The van der Waals surface area contributed by atoms with Crippen LogP contribution in [0.1, 0.15) is 64.8 Å². The smallest absolute Gasteiger partial charge is 0.303 e. The summed E-state index contributed by atoms with van der Waals surface area (Å²) in [5.41, 5.74) is 4.98. The molecule has 0 bridgehead atoms. The van der Waals surface area contributed by atoms with Gasteiger partial charge in [-0.1, -0.05) is 49.4 Å². The molecule has 6 nitrogen and oxygen atoms in total. The molecule has 0 fully saturated rings. The van der Waals surface area contributed by atoms with Gasteiger partial charge in [-0.3, -0.25) is 9.10 Å². The highest BCUT2D eigenvalue weighted by Crippen LogP contribution is 2.27. The number of nitrogens with one attached hydrogen (secondary N) is 1. The van der Waals surface area contributed by atoms with Gasteiger partial charge in [-0.15, -0.1) is 0 Å². The van der Waals surface area contributed by atoms with Crippen molar-refractivity contribution in [1.82, 2.24) is 9.62 Å². The molecular weight excluding hydrogens is 489 g/mol. The van der Waals surface area contributed by atoms with E-state index in [-0.39, 0.29) is 24.2 Å². The van der Waals surface area contributed by atoms with Crippen molar-refractivity contribution >= 4 is 21.8 Å². The molecule has 1 amide bonds. The maximum atomic E-state index is 14.5.